The predicted molar refractivity (Wildman–Crippen MR) is 73.7 cm³/mol. The predicted octanol–water partition coefficient (Wildman–Crippen LogP) is 4.31. The topological polar surface area (TPSA) is 12.9 Å². The van der Waals surface area contributed by atoms with E-state index in [2.05, 4.69) is 37.0 Å². The Kier molecular flexibility index (Phi) is 2.75. The minimum absolute atomic E-state index is 1.17. The van der Waals surface area contributed by atoms with Crippen LogP contribution in [0.5, 0.6) is 0 Å². The summed E-state index contributed by atoms with van der Waals surface area (Å²) in [4.78, 5) is 5.98. The van der Waals surface area contributed by atoms with Gasteiger partial charge in [0.1, 0.15) is 5.01 Å². The number of hydrogen-bond donors (Lipinski definition) is 0. The molecule has 1 aromatic carbocycles. The van der Waals surface area contributed by atoms with Crippen molar-refractivity contribution in [1.29, 1.82) is 0 Å². The lowest BCUT2D eigenvalue weighted by molar-refractivity contribution is 0.686. The van der Waals surface area contributed by atoms with Gasteiger partial charge in [-0.1, -0.05) is 12.1 Å². The summed E-state index contributed by atoms with van der Waals surface area (Å²) in [5.41, 5.74) is 5.55. The van der Waals surface area contributed by atoms with E-state index in [9.17, 15) is 0 Å². The van der Waals surface area contributed by atoms with Crippen molar-refractivity contribution in [1.82, 2.24) is 4.98 Å². The lowest BCUT2D eigenvalue weighted by Crippen LogP contribution is -2.02. The van der Waals surface area contributed by atoms with E-state index in [1.165, 1.54) is 46.8 Å². The van der Waals surface area contributed by atoms with Crippen LogP contribution >= 0.6 is 11.3 Å². The summed E-state index contributed by atoms with van der Waals surface area (Å²) in [7, 11) is 0. The van der Waals surface area contributed by atoms with Gasteiger partial charge in [-0.05, 0) is 56.7 Å². The standard InChI is InChI=1S/C15H17NS/c1-10-11(2)17-15(16-10)14-8-7-12-5-3-4-6-13(12)9-14/h7-9H,3-6H2,1-2H3. The first-order valence-corrected chi connectivity index (χ1v) is 7.12. The van der Waals surface area contributed by atoms with Crippen molar-refractivity contribution in [3.63, 3.8) is 0 Å². The highest BCUT2D eigenvalue weighted by Gasteiger charge is 2.12. The number of benzene rings is 1. The number of hydrogen-bond acceptors (Lipinski definition) is 2. The normalized spacial score (nSPS) is 14.7. The Labute approximate surface area is 107 Å². The molecule has 2 aromatic rings. The average Bonchev–Trinajstić information content (AvgIpc) is 2.69. The minimum atomic E-state index is 1.17. The average molecular weight is 243 g/mol. The van der Waals surface area contributed by atoms with Gasteiger partial charge < -0.3 is 0 Å². The molecule has 0 saturated carbocycles. The van der Waals surface area contributed by atoms with Crippen molar-refractivity contribution >= 4 is 11.3 Å². The molecule has 0 N–H and O–H groups in total. The number of thiazole rings is 1. The Morgan fingerprint density at radius 1 is 1.06 bits per heavy atom. The van der Waals surface area contributed by atoms with Crippen molar-refractivity contribution in [3.05, 3.63) is 39.9 Å². The van der Waals surface area contributed by atoms with Crippen molar-refractivity contribution < 1.29 is 0 Å². The Balaban J connectivity index is 2.03. The smallest absolute Gasteiger partial charge is 0.123 e. The minimum Gasteiger partial charge on any atom is -0.241 e. The molecule has 1 heterocycles. The van der Waals surface area contributed by atoms with Crippen molar-refractivity contribution in [2.45, 2.75) is 39.5 Å². The SMILES string of the molecule is Cc1nc(-c2ccc3c(c2)CCCC3)sc1C. The molecule has 2 heteroatoms. The molecule has 0 bridgehead atoms. The summed E-state index contributed by atoms with van der Waals surface area (Å²) < 4.78 is 0. The molecule has 0 radical (unpaired) electrons. The summed E-state index contributed by atoms with van der Waals surface area (Å²) >= 11 is 1.81. The monoisotopic (exact) mass is 243 g/mol. The fourth-order valence-corrected chi connectivity index (χ4v) is 3.37. The van der Waals surface area contributed by atoms with Gasteiger partial charge in [0.2, 0.25) is 0 Å². The molecule has 0 fully saturated rings. The lowest BCUT2D eigenvalue weighted by Gasteiger charge is -2.15. The Morgan fingerprint density at radius 3 is 2.53 bits per heavy atom. The van der Waals surface area contributed by atoms with Gasteiger partial charge in [0, 0.05) is 10.4 Å². The van der Waals surface area contributed by atoms with Crippen molar-refractivity contribution in [3.8, 4) is 10.6 Å². The van der Waals surface area contributed by atoms with Crippen LogP contribution in [0.25, 0.3) is 10.6 Å². The molecule has 0 amide bonds. The fourth-order valence-electron chi connectivity index (χ4n) is 2.46. The highest BCUT2D eigenvalue weighted by molar-refractivity contribution is 7.15. The molecule has 0 saturated heterocycles. The highest BCUT2D eigenvalue weighted by Crippen LogP contribution is 2.31. The third-order valence-corrected chi connectivity index (χ3v) is 4.75. The third-order valence-electron chi connectivity index (χ3n) is 3.62. The first-order chi connectivity index (χ1) is 8.24. The van der Waals surface area contributed by atoms with E-state index < -0.39 is 0 Å². The van der Waals surface area contributed by atoms with Crippen LogP contribution in [0.2, 0.25) is 0 Å². The van der Waals surface area contributed by atoms with Gasteiger partial charge in [0.05, 0.1) is 5.69 Å². The van der Waals surface area contributed by atoms with Crippen LogP contribution in [-0.4, -0.2) is 4.98 Å². The van der Waals surface area contributed by atoms with Crippen molar-refractivity contribution in [2.75, 3.05) is 0 Å². The zero-order valence-corrected chi connectivity index (χ0v) is 11.2. The summed E-state index contributed by atoms with van der Waals surface area (Å²) in [5.74, 6) is 0. The highest BCUT2D eigenvalue weighted by atomic mass is 32.1. The van der Waals surface area contributed by atoms with Crippen LogP contribution in [0.1, 0.15) is 34.5 Å². The van der Waals surface area contributed by atoms with E-state index in [0.717, 1.165) is 0 Å². The molecule has 1 aliphatic rings. The second kappa shape index (κ2) is 4.26. The molecular weight excluding hydrogens is 226 g/mol. The molecule has 0 atom stereocenters. The van der Waals surface area contributed by atoms with E-state index in [1.54, 1.807) is 11.1 Å². The second-order valence-electron chi connectivity index (χ2n) is 4.85. The first kappa shape index (κ1) is 11.0. The van der Waals surface area contributed by atoms with E-state index in [1.807, 2.05) is 11.3 Å². The van der Waals surface area contributed by atoms with Gasteiger partial charge in [-0.3, -0.25) is 0 Å². The maximum atomic E-state index is 4.65. The molecular formula is C15H17NS. The van der Waals surface area contributed by atoms with Crippen LogP contribution < -0.4 is 0 Å². The van der Waals surface area contributed by atoms with Crippen molar-refractivity contribution in [2.24, 2.45) is 0 Å². The Bertz CT molecular complexity index is 535. The number of aryl methyl sites for hydroxylation is 4. The van der Waals surface area contributed by atoms with Crippen LogP contribution in [0, 0.1) is 13.8 Å². The maximum absolute atomic E-state index is 4.65. The first-order valence-electron chi connectivity index (χ1n) is 6.30. The second-order valence-corrected chi connectivity index (χ2v) is 6.05. The maximum Gasteiger partial charge on any atom is 0.123 e. The molecule has 88 valence electrons. The third kappa shape index (κ3) is 2.02. The molecule has 1 aromatic heterocycles. The number of rotatable bonds is 1. The van der Waals surface area contributed by atoms with Gasteiger partial charge in [-0.15, -0.1) is 11.3 Å². The zero-order chi connectivity index (χ0) is 11.8. The molecule has 1 aliphatic carbocycles. The molecule has 3 rings (SSSR count). The van der Waals surface area contributed by atoms with Crippen LogP contribution in [0.3, 0.4) is 0 Å². The number of aromatic nitrogens is 1. The fraction of sp³-hybridized carbons (Fsp3) is 0.400. The van der Waals surface area contributed by atoms with Crippen LogP contribution in [0.4, 0.5) is 0 Å². The summed E-state index contributed by atoms with van der Waals surface area (Å²) in [6, 6.07) is 6.89. The van der Waals surface area contributed by atoms with E-state index in [0.29, 0.717) is 0 Å². The quantitative estimate of drug-likeness (QED) is 0.727. The van der Waals surface area contributed by atoms with Gasteiger partial charge in [-0.25, -0.2) is 4.98 Å². The molecule has 17 heavy (non-hydrogen) atoms. The Morgan fingerprint density at radius 2 is 1.82 bits per heavy atom. The molecule has 0 spiro atoms. The van der Waals surface area contributed by atoms with Gasteiger partial charge in [-0.2, -0.15) is 0 Å². The number of nitrogens with zero attached hydrogens (tertiary/aromatic N) is 1. The largest absolute Gasteiger partial charge is 0.241 e. The van der Waals surface area contributed by atoms with Gasteiger partial charge in [0.15, 0.2) is 0 Å². The molecule has 0 unspecified atom stereocenters. The van der Waals surface area contributed by atoms with Crippen LogP contribution in [0.15, 0.2) is 18.2 Å². The lowest BCUT2D eigenvalue weighted by atomic mass is 9.90. The number of fused-ring (bicyclic) bond motifs is 1. The van der Waals surface area contributed by atoms with Crippen LogP contribution in [-0.2, 0) is 12.8 Å². The zero-order valence-electron chi connectivity index (χ0n) is 10.4. The molecule has 0 aliphatic heterocycles. The summed E-state index contributed by atoms with van der Waals surface area (Å²) in [5, 5.41) is 1.17. The van der Waals surface area contributed by atoms with E-state index >= 15 is 0 Å². The molecule has 1 nitrogen and oxygen atoms in total. The summed E-state index contributed by atoms with van der Waals surface area (Å²) in [6.45, 7) is 4.24. The summed E-state index contributed by atoms with van der Waals surface area (Å²) in [6.07, 6.45) is 5.19. The van der Waals surface area contributed by atoms with E-state index in [-0.39, 0.29) is 0 Å². The van der Waals surface area contributed by atoms with Gasteiger partial charge in [0.25, 0.3) is 0 Å². The Hall–Kier alpha value is -1.15. The van der Waals surface area contributed by atoms with E-state index in [4.69, 9.17) is 0 Å². The van der Waals surface area contributed by atoms with Gasteiger partial charge >= 0.3 is 0 Å².